The van der Waals surface area contributed by atoms with E-state index < -0.39 is 0 Å². The zero-order valence-corrected chi connectivity index (χ0v) is 12.3. The second kappa shape index (κ2) is 5.30. The second-order valence-electron chi connectivity index (χ2n) is 4.43. The predicted molar refractivity (Wildman–Crippen MR) is 78.9 cm³/mol. The maximum atomic E-state index is 12.4. The topological polar surface area (TPSA) is 45.2 Å². The molecule has 0 radical (unpaired) electrons. The highest BCUT2D eigenvalue weighted by Gasteiger charge is 2.30. The highest BCUT2D eigenvalue weighted by atomic mass is 32.1. The second-order valence-corrected chi connectivity index (χ2v) is 6.33. The van der Waals surface area contributed by atoms with Gasteiger partial charge in [-0.3, -0.25) is 5.32 Å². The number of nitrogens with zero attached hydrogens (tertiary/aromatic N) is 2. The number of aromatic nitrogens is 1. The van der Waals surface area contributed by atoms with Gasteiger partial charge in [0.05, 0.1) is 6.04 Å². The molecule has 1 unspecified atom stereocenters. The van der Waals surface area contributed by atoms with Gasteiger partial charge in [0.15, 0.2) is 5.13 Å². The number of carbonyl (C=O) groups is 1. The molecule has 19 heavy (non-hydrogen) atoms. The van der Waals surface area contributed by atoms with Crippen LogP contribution in [0.2, 0.25) is 0 Å². The van der Waals surface area contributed by atoms with Gasteiger partial charge in [-0.1, -0.05) is 6.92 Å². The predicted octanol–water partition coefficient (Wildman–Crippen LogP) is 3.75. The molecule has 0 aliphatic carbocycles. The van der Waals surface area contributed by atoms with E-state index in [-0.39, 0.29) is 12.1 Å². The fraction of sp³-hybridized carbons (Fsp3) is 0.385. The first-order valence-electron chi connectivity index (χ1n) is 6.33. The number of hydrogen-bond donors (Lipinski definition) is 1. The first kappa shape index (κ1) is 12.6. The molecule has 0 aromatic carbocycles. The molecule has 1 aliphatic heterocycles. The van der Waals surface area contributed by atoms with Crippen LogP contribution < -0.4 is 5.32 Å². The molecule has 2 aromatic rings. The number of thiophene rings is 1. The number of rotatable bonds is 2. The van der Waals surface area contributed by atoms with Crippen LogP contribution in [0.5, 0.6) is 0 Å². The number of thiazole rings is 1. The SMILES string of the molecule is CCC1c2ccsc2CCN1C(=O)Nc1nccs1. The molecule has 1 atom stereocenters. The van der Waals surface area contributed by atoms with Crippen molar-refractivity contribution < 1.29 is 4.79 Å². The van der Waals surface area contributed by atoms with Gasteiger partial charge in [-0.05, 0) is 29.9 Å². The molecule has 0 saturated heterocycles. The number of carbonyl (C=O) groups excluding carboxylic acids is 1. The summed E-state index contributed by atoms with van der Waals surface area (Å²) in [4.78, 5) is 19.8. The third kappa shape index (κ3) is 2.37. The summed E-state index contributed by atoms with van der Waals surface area (Å²) in [6.45, 7) is 2.91. The summed E-state index contributed by atoms with van der Waals surface area (Å²) < 4.78 is 0. The van der Waals surface area contributed by atoms with Gasteiger partial charge < -0.3 is 4.90 Å². The van der Waals surface area contributed by atoms with Crippen LogP contribution in [0.25, 0.3) is 0 Å². The Morgan fingerprint density at radius 3 is 3.16 bits per heavy atom. The Morgan fingerprint density at radius 2 is 2.42 bits per heavy atom. The molecule has 4 nitrogen and oxygen atoms in total. The van der Waals surface area contributed by atoms with Gasteiger partial charge in [0.2, 0.25) is 0 Å². The molecule has 100 valence electrons. The lowest BCUT2D eigenvalue weighted by Gasteiger charge is -2.35. The first-order valence-corrected chi connectivity index (χ1v) is 8.09. The van der Waals surface area contributed by atoms with E-state index in [2.05, 4.69) is 28.7 Å². The van der Waals surface area contributed by atoms with E-state index in [1.165, 1.54) is 21.8 Å². The number of fused-ring (bicyclic) bond motifs is 1. The van der Waals surface area contributed by atoms with Crippen LogP contribution in [0.1, 0.15) is 29.8 Å². The summed E-state index contributed by atoms with van der Waals surface area (Å²) >= 11 is 3.24. The van der Waals surface area contributed by atoms with Crippen LogP contribution >= 0.6 is 22.7 Å². The van der Waals surface area contributed by atoms with E-state index in [0.717, 1.165) is 19.4 Å². The molecule has 0 saturated carbocycles. The molecule has 1 aliphatic rings. The lowest BCUT2D eigenvalue weighted by Crippen LogP contribution is -2.41. The van der Waals surface area contributed by atoms with Crippen molar-refractivity contribution in [3.8, 4) is 0 Å². The number of amides is 2. The molecule has 6 heteroatoms. The molecular formula is C13H15N3OS2. The largest absolute Gasteiger partial charge is 0.324 e. The average molecular weight is 293 g/mol. The first-order chi connectivity index (χ1) is 9.29. The van der Waals surface area contributed by atoms with E-state index in [1.807, 2.05) is 10.3 Å². The highest BCUT2D eigenvalue weighted by molar-refractivity contribution is 7.13. The van der Waals surface area contributed by atoms with Gasteiger partial charge in [0.1, 0.15) is 0 Å². The molecule has 0 fully saturated rings. The van der Waals surface area contributed by atoms with Gasteiger partial charge in [-0.2, -0.15) is 0 Å². The maximum Gasteiger partial charge on any atom is 0.324 e. The van der Waals surface area contributed by atoms with E-state index in [1.54, 1.807) is 17.5 Å². The molecule has 1 N–H and O–H groups in total. The van der Waals surface area contributed by atoms with Crippen LogP contribution in [-0.4, -0.2) is 22.5 Å². The van der Waals surface area contributed by atoms with Gasteiger partial charge in [-0.15, -0.1) is 22.7 Å². The number of urea groups is 1. The average Bonchev–Trinajstić information content (AvgIpc) is 3.07. The van der Waals surface area contributed by atoms with Crippen molar-refractivity contribution in [3.05, 3.63) is 33.5 Å². The molecular weight excluding hydrogens is 278 g/mol. The lowest BCUT2D eigenvalue weighted by atomic mass is 9.98. The van der Waals surface area contributed by atoms with Crippen molar-refractivity contribution in [2.45, 2.75) is 25.8 Å². The fourth-order valence-electron chi connectivity index (χ4n) is 2.53. The Bertz CT molecular complexity index is 564. The molecule has 3 rings (SSSR count). The zero-order chi connectivity index (χ0) is 13.2. The summed E-state index contributed by atoms with van der Waals surface area (Å²) in [6.07, 6.45) is 3.59. The molecule has 2 amide bonds. The van der Waals surface area contributed by atoms with E-state index in [4.69, 9.17) is 0 Å². The molecule has 0 bridgehead atoms. The normalized spacial score (nSPS) is 18.2. The Labute approximate surface area is 120 Å². The maximum absolute atomic E-state index is 12.4. The molecule has 3 heterocycles. The smallest absolute Gasteiger partial charge is 0.317 e. The number of hydrogen-bond acceptors (Lipinski definition) is 4. The Balaban J connectivity index is 1.79. The highest BCUT2D eigenvalue weighted by Crippen LogP contribution is 2.35. The van der Waals surface area contributed by atoms with Crippen LogP contribution in [0, 0.1) is 0 Å². The van der Waals surface area contributed by atoms with Gasteiger partial charge in [0.25, 0.3) is 0 Å². The van der Waals surface area contributed by atoms with Crippen LogP contribution in [-0.2, 0) is 6.42 Å². The van der Waals surface area contributed by atoms with Crippen molar-refractivity contribution in [2.75, 3.05) is 11.9 Å². The van der Waals surface area contributed by atoms with E-state index in [0.29, 0.717) is 5.13 Å². The van der Waals surface area contributed by atoms with Crippen LogP contribution in [0.15, 0.2) is 23.0 Å². The van der Waals surface area contributed by atoms with Crippen molar-refractivity contribution in [1.82, 2.24) is 9.88 Å². The van der Waals surface area contributed by atoms with Gasteiger partial charge in [0, 0.05) is 23.0 Å². The van der Waals surface area contributed by atoms with Crippen LogP contribution in [0.3, 0.4) is 0 Å². The Morgan fingerprint density at radius 1 is 1.53 bits per heavy atom. The minimum atomic E-state index is -0.0429. The monoisotopic (exact) mass is 293 g/mol. The fourth-order valence-corrected chi connectivity index (χ4v) is 3.97. The standard InChI is InChI=1S/C13H15N3OS2/c1-2-10-9-4-7-18-11(9)3-6-16(10)13(17)15-12-14-5-8-19-12/h4-5,7-8,10H,2-3,6H2,1H3,(H,14,15,17). The number of nitrogens with one attached hydrogen (secondary N) is 1. The van der Waals surface area contributed by atoms with Crippen molar-refractivity contribution in [1.29, 1.82) is 0 Å². The van der Waals surface area contributed by atoms with Crippen molar-refractivity contribution >= 4 is 33.8 Å². The zero-order valence-electron chi connectivity index (χ0n) is 10.6. The van der Waals surface area contributed by atoms with E-state index in [9.17, 15) is 4.79 Å². The summed E-state index contributed by atoms with van der Waals surface area (Å²) in [5, 5.41) is 7.52. The van der Waals surface area contributed by atoms with Crippen LogP contribution in [0.4, 0.5) is 9.93 Å². The third-order valence-electron chi connectivity index (χ3n) is 3.39. The minimum absolute atomic E-state index is 0.0429. The minimum Gasteiger partial charge on any atom is -0.317 e. The van der Waals surface area contributed by atoms with E-state index >= 15 is 0 Å². The number of anilines is 1. The molecule has 0 spiro atoms. The van der Waals surface area contributed by atoms with Crippen molar-refractivity contribution in [2.24, 2.45) is 0 Å². The van der Waals surface area contributed by atoms with Crippen molar-refractivity contribution in [3.63, 3.8) is 0 Å². The Hall–Kier alpha value is -1.40. The third-order valence-corrected chi connectivity index (χ3v) is 5.07. The molecule has 2 aromatic heterocycles. The summed E-state index contributed by atoms with van der Waals surface area (Å²) in [6, 6.07) is 2.30. The Kier molecular flexibility index (Phi) is 3.52. The summed E-state index contributed by atoms with van der Waals surface area (Å²) in [7, 11) is 0. The summed E-state index contributed by atoms with van der Waals surface area (Å²) in [5.74, 6) is 0. The lowest BCUT2D eigenvalue weighted by molar-refractivity contribution is 0.181. The quantitative estimate of drug-likeness (QED) is 0.916. The van der Waals surface area contributed by atoms with Gasteiger partial charge in [-0.25, -0.2) is 9.78 Å². The summed E-state index contributed by atoms with van der Waals surface area (Å²) in [5.41, 5.74) is 1.31. The van der Waals surface area contributed by atoms with Gasteiger partial charge >= 0.3 is 6.03 Å².